The summed E-state index contributed by atoms with van der Waals surface area (Å²) in [6, 6.07) is 0.212. The Labute approximate surface area is 63.3 Å². The molecule has 0 saturated heterocycles. The highest BCUT2D eigenvalue weighted by Crippen LogP contribution is 1.94. The summed E-state index contributed by atoms with van der Waals surface area (Å²) in [6.07, 6.45) is 6.17. The average Bonchev–Trinajstić information content (AvgIpc) is 1.88. The molecule has 2 atom stereocenters. The monoisotopic (exact) mass is 142 g/mol. The molecule has 0 bridgehead atoms. The van der Waals surface area contributed by atoms with Gasteiger partial charge >= 0.3 is 0 Å². The molecule has 0 saturated carbocycles. The van der Waals surface area contributed by atoms with Crippen LogP contribution in [0, 0.1) is 0 Å². The highest BCUT2D eigenvalue weighted by atomic mass is 14.8. The molecule has 0 aromatic rings. The van der Waals surface area contributed by atoms with E-state index in [4.69, 9.17) is 11.5 Å². The molecule has 0 heterocycles. The highest BCUT2D eigenvalue weighted by Gasteiger charge is 2.03. The zero-order valence-corrected chi connectivity index (χ0v) is 6.88. The summed E-state index contributed by atoms with van der Waals surface area (Å²) in [5, 5.41) is 0. The van der Waals surface area contributed by atoms with Crippen molar-refractivity contribution in [1.82, 2.24) is 0 Å². The fraction of sp³-hybridized carbons (Fsp3) is 0.750. The van der Waals surface area contributed by atoms with Crippen LogP contribution in [-0.4, -0.2) is 12.1 Å². The molecule has 0 aromatic heterocycles. The lowest BCUT2D eigenvalue weighted by Crippen LogP contribution is -2.38. The van der Waals surface area contributed by atoms with Gasteiger partial charge in [0.1, 0.15) is 0 Å². The van der Waals surface area contributed by atoms with Gasteiger partial charge in [-0.25, -0.2) is 0 Å². The van der Waals surface area contributed by atoms with E-state index in [1.54, 1.807) is 0 Å². The second-order valence-corrected chi connectivity index (χ2v) is 2.64. The maximum absolute atomic E-state index is 5.68. The lowest BCUT2D eigenvalue weighted by atomic mass is 10.1. The fourth-order valence-electron chi connectivity index (χ4n) is 0.635. The van der Waals surface area contributed by atoms with Crippen molar-refractivity contribution in [3.8, 4) is 0 Å². The van der Waals surface area contributed by atoms with E-state index in [-0.39, 0.29) is 12.1 Å². The van der Waals surface area contributed by atoms with Crippen molar-refractivity contribution in [2.24, 2.45) is 11.5 Å². The topological polar surface area (TPSA) is 52.0 Å². The largest absolute Gasteiger partial charge is 0.327 e. The van der Waals surface area contributed by atoms with Crippen molar-refractivity contribution in [3.05, 3.63) is 12.2 Å². The molecular formula is C8H18N2. The molecule has 0 aliphatic rings. The van der Waals surface area contributed by atoms with Crippen molar-refractivity contribution < 1.29 is 0 Å². The second kappa shape index (κ2) is 5.45. The van der Waals surface area contributed by atoms with Crippen molar-refractivity contribution >= 4 is 0 Å². The van der Waals surface area contributed by atoms with Crippen LogP contribution < -0.4 is 11.5 Å². The van der Waals surface area contributed by atoms with Gasteiger partial charge in [-0.3, -0.25) is 0 Å². The van der Waals surface area contributed by atoms with Crippen LogP contribution in [0.4, 0.5) is 0 Å². The molecular weight excluding hydrogens is 124 g/mol. The molecule has 0 radical (unpaired) electrons. The zero-order valence-electron chi connectivity index (χ0n) is 6.88. The van der Waals surface area contributed by atoms with Crippen LogP contribution in [0.1, 0.15) is 26.7 Å². The van der Waals surface area contributed by atoms with Gasteiger partial charge in [-0.15, -0.1) is 0 Å². The highest BCUT2D eigenvalue weighted by molar-refractivity contribution is 4.86. The molecule has 0 aromatic carbocycles. The van der Waals surface area contributed by atoms with Crippen LogP contribution in [0.2, 0.25) is 0 Å². The summed E-state index contributed by atoms with van der Waals surface area (Å²) >= 11 is 0. The van der Waals surface area contributed by atoms with Gasteiger partial charge in [-0.2, -0.15) is 0 Å². The maximum atomic E-state index is 5.68. The number of hydrogen-bond acceptors (Lipinski definition) is 2. The summed E-state index contributed by atoms with van der Waals surface area (Å²) < 4.78 is 0. The number of allylic oxidation sites excluding steroid dienone is 1. The SMILES string of the molecule is CC/C=C/CC(N)C(C)N. The Hall–Kier alpha value is -0.340. The van der Waals surface area contributed by atoms with Gasteiger partial charge in [-0.1, -0.05) is 19.1 Å². The molecule has 0 aliphatic carbocycles. The molecule has 2 unspecified atom stereocenters. The van der Waals surface area contributed by atoms with Gasteiger partial charge in [0.2, 0.25) is 0 Å². The van der Waals surface area contributed by atoms with E-state index in [9.17, 15) is 0 Å². The van der Waals surface area contributed by atoms with Gasteiger partial charge in [0.25, 0.3) is 0 Å². The first-order chi connectivity index (χ1) is 4.68. The molecule has 60 valence electrons. The van der Waals surface area contributed by atoms with Gasteiger partial charge in [-0.05, 0) is 19.8 Å². The molecule has 0 spiro atoms. The smallest absolute Gasteiger partial charge is 0.0224 e. The van der Waals surface area contributed by atoms with E-state index < -0.39 is 0 Å². The lowest BCUT2D eigenvalue weighted by molar-refractivity contribution is 0.565. The van der Waals surface area contributed by atoms with E-state index in [0.717, 1.165) is 12.8 Å². The Bertz CT molecular complexity index is 97.4. The van der Waals surface area contributed by atoms with Crippen molar-refractivity contribution in [3.63, 3.8) is 0 Å². The van der Waals surface area contributed by atoms with E-state index in [1.165, 1.54) is 0 Å². The third-order valence-electron chi connectivity index (χ3n) is 1.49. The van der Waals surface area contributed by atoms with Crippen LogP contribution in [0.3, 0.4) is 0 Å². The first kappa shape index (κ1) is 9.66. The van der Waals surface area contributed by atoms with Gasteiger partial charge in [0.15, 0.2) is 0 Å². The van der Waals surface area contributed by atoms with E-state index in [2.05, 4.69) is 19.1 Å². The number of nitrogens with two attached hydrogens (primary N) is 2. The van der Waals surface area contributed by atoms with Crippen LogP contribution >= 0.6 is 0 Å². The van der Waals surface area contributed by atoms with Crippen molar-refractivity contribution in [2.75, 3.05) is 0 Å². The summed E-state index contributed by atoms with van der Waals surface area (Å²) in [5.41, 5.74) is 11.2. The van der Waals surface area contributed by atoms with Crippen LogP contribution in [0.5, 0.6) is 0 Å². The second-order valence-electron chi connectivity index (χ2n) is 2.64. The van der Waals surface area contributed by atoms with Crippen LogP contribution in [0.25, 0.3) is 0 Å². The fourth-order valence-corrected chi connectivity index (χ4v) is 0.635. The normalized spacial score (nSPS) is 17.6. The molecule has 2 nitrogen and oxygen atoms in total. The minimum Gasteiger partial charge on any atom is -0.327 e. The Balaban J connectivity index is 3.38. The molecule has 4 N–H and O–H groups in total. The Kier molecular flexibility index (Phi) is 5.26. The third kappa shape index (κ3) is 4.53. The summed E-state index contributed by atoms with van der Waals surface area (Å²) in [6.45, 7) is 4.04. The summed E-state index contributed by atoms with van der Waals surface area (Å²) in [4.78, 5) is 0. The first-order valence-corrected chi connectivity index (χ1v) is 3.84. The Morgan fingerprint density at radius 2 is 1.90 bits per heavy atom. The van der Waals surface area contributed by atoms with Crippen molar-refractivity contribution in [1.29, 1.82) is 0 Å². The molecule has 0 fully saturated rings. The molecule has 0 amide bonds. The van der Waals surface area contributed by atoms with Crippen LogP contribution in [0.15, 0.2) is 12.2 Å². The number of rotatable bonds is 4. The first-order valence-electron chi connectivity index (χ1n) is 3.84. The molecule has 10 heavy (non-hydrogen) atoms. The predicted octanol–water partition coefficient (Wildman–Crippen LogP) is 1.02. The zero-order chi connectivity index (χ0) is 7.98. The standard InChI is InChI=1S/C8H18N2/c1-3-4-5-6-8(10)7(2)9/h4-5,7-8H,3,6,9-10H2,1-2H3/b5-4+. The Morgan fingerprint density at radius 1 is 1.30 bits per heavy atom. The Morgan fingerprint density at radius 3 is 2.30 bits per heavy atom. The molecule has 0 aliphatic heterocycles. The van der Waals surface area contributed by atoms with Crippen LogP contribution in [-0.2, 0) is 0 Å². The lowest BCUT2D eigenvalue weighted by Gasteiger charge is -2.12. The molecule has 0 rings (SSSR count). The minimum absolute atomic E-state index is 0.0986. The van der Waals surface area contributed by atoms with E-state index in [1.807, 2.05) is 6.92 Å². The average molecular weight is 142 g/mol. The molecule has 2 heteroatoms. The maximum Gasteiger partial charge on any atom is 0.0224 e. The third-order valence-corrected chi connectivity index (χ3v) is 1.49. The van der Waals surface area contributed by atoms with E-state index in [0.29, 0.717) is 0 Å². The summed E-state index contributed by atoms with van der Waals surface area (Å²) in [5.74, 6) is 0. The quantitative estimate of drug-likeness (QED) is 0.576. The van der Waals surface area contributed by atoms with Gasteiger partial charge < -0.3 is 11.5 Å². The number of hydrogen-bond donors (Lipinski definition) is 2. The van der Waals surface area contributed by atoms with Gasteiger partial charge in [0.05, 0.1) is 0 Å². The van der Waals surface area contributed by atoms with Gasteiger partial charge in [0, 0.05) is 12.1 Å². The summed E-state index contributed by atoms with van der Waals surface area (Å²) in [7, 11) is 0. The van der Waals surface area contributed by atoms with Crippen molar-refractivity contribution in [2.45, 2.75) is 38.8 Å². The minimum atomic E-state index is 0.0986. The predicted molar refractivity (Wildman–Crippen MR) is 45.7 cm³/mol. The van der Waals surface area contributed by atoms with E-state index >= 15 is 0 Å².